The summed E-state index contributed by atoms with van der Waals surface area (Å²) < 4.78 is 0.860. The quantitative estimate of drug-likeness (QED) is 0.670. The second kappa shape index (κ2) is 5.93. The number of carbonyl (C=O) groups is 1. The number of nitrogens with one attached hydrogen (secondary N) is 2. The van der Waals surface area contributed by atoms with Crippen LogP contribution in [0.5, 0.6) is 5.88 Å². The van der Waals surface area contributed by atoms with Crippen LogP contribution >= 0.6 is 15.9 Å². The second-order valence-electron chi connectivity index (χ2n) is 5.01. The Morgan fingerprint density at radius 2 is 1.83 bits per heavy atom. The molecule has 1 aliphatic rings. The number of nitrogens with zero attached hydrogens (tertiary/aromatic N) is 2. The maximum atomic E-state index is 12.6. The zero-order valence-electron chi connectivity index (χ0n) is 12.3. The number of aromatic hydroxyl groups is 1. The molecule has 2 heterocycles. The average Bonchev–Trinajstić information content (AvgIpc) is 2.79. The van der Waals surface area contributed by atoms with E-state index >= 15 is 0 Å². The van der Waals surface area contributed by atoms with E-state index in [-0.39, 0.29) is 11.1 Å². The summed E-state index contributed by atoms with van der Waals surface area (Å²) in [5.74, 6) is -1.06. The molecular formula is C15H11BrN4O4. The van der Waals surface area contributed by atoms with Crippen LogP contribution in [0.15, 0.2) is 49.0 Å². The summed E-state index contributed by atoms with van der Waals surface area (Å²) in [6, 6.07) is 6.97. The standard InChI is InChI=1S/C15H11BrN4O4/c1-7-10(6-11-12(21)17-15(24)18-13(11)22)14(23)20(19-7)9-4-2-8(16)3-5-9/h2-6H,1H3,(H3,17,18,21,22,24)/b10-6-. The van der Waals surface area contributed by atoms with E-state index in [9.17, 15) is 19.5 Å². The first kappa shape index (κ1) is 15.9. The molecule has 122 valence electrons. The normalized spacial score (nSPS) is 15.9. The molecule has 2 aromatic rings. The van der Waals surface area contributed by atoms with Crippen LogP contribution in [0, 0.1) is 0 Å². The Bertz CT molecular complexity index is 1000. The SMILES string of the molecule is CC1=NN(c2ccc(Br)cc2)C(=O)/C1=C\c1c(O)[nH]c(=O)[nH]c1=O. The molecular weight excluding hydrogens is 380 g/mol. The molecule has 1 aromatic carbocycles. The maximum absolute atomic E-state index is 12.6. The highest BCUT2D eigenvalue weighted by atomic mass is 79.9. The minimum atomic E-state index is -0.834. The summed E-state index contributed by atoms with van der Waals surface area (Å²) in [4.78, 5) is 39.5. The molecule has 1 aromatic heterocycles. The van der Waals surface area contributed by atoms with Gasteiger partial charge < -0.3 is 5.11 Å². The molecule has 0 fully saturated rings. The highest BCUT2D eigenvalue weighted by Crippen LogP contribution is 2.26. The summed E-state index contributed by atoms with van der Waals surface area (Å²) in [7, 11) is 0. The van der Waals surface area contributed by atoms with Crippen molar-refractivity contribution in [3.8, 4) is 5.88 Å². The fourth-order valence-corrected chi connectivity index (χ4v) is 2.47. The smallest absolute Gasteiger partial charge is 0.328 e. The lowest BCUT2D eigenvalue weighted by atomic mass is 10.1. The van der Waals surface area contributed by atoms with Gasteiger partial charge in [-0.3, -0.25) is 19.6 Å². The highest BCUT2D eigenvalue weighted by Gasteiger charge is 2.29. The van der Waals surface area contributed by atoms with Crippen molar-refractivity contribution in [1.29, 1.82) is 0 Å². The van der Waals surface area contributed by atoms with Gasteiger partial charge in [0.15, 0.2) is 0 Å². The average molecular weight is 391 g/mol. The van der Waals surface area contributed by atoms with Crippen LogP contribution in [0.1, 0.15) is 12.5 Å². The molecule has 0 aliphatic carbocycles. The number of halogens is 1. The van der Waals surface area contributed by atoms with Crippen LogP contribution < -0.4 is 16.3 Å². The fraction of sp³-hybridized carbons (Fsp3) is 0.0667. The van der Waals surface area contributed by atoms with Gasteiger partial charge >= 0.3 is 5.69 Å². The largest absolute Gasteiger partial charge is 0.494 e. The van der Waals surface area contributed by atoms with E-state index in [2.05, 4.69) is 26.0 Å². The monoisotopic (exact) mass is 390 g/mol. The fourth-order valence-electron chi connectivity index (χ4n) is 2.20. The first-order chi connectivity index (χ1) is 11.4. The Balaban J connectivity index is 2.04. The maximum Gasteiger partial charge on any atom is 0.328 e. The van der Waals surface area contributed by atoms with Gasteiger partial charge in [-0.1, -0.05) is 15.9 Å². The van der Waals surface area contributed by atoms with Crippen LogP contribution in [0.25, 0.3) is 6.08 Å². The summed E-state index contributed by atoms with van der Waals surface area (Å²) in [5, 5.41) is 15.1. The lowest BCUT2D eigenvalue weighted by Crippen LogP contribution is -2.25. The number of hydrogen-bond acceptors (Lipinski definition) is 5. The summed E-state index contributed by atoms with van der Waals surface area (Å²) in [6.45, 7) is 1.61. The molecule has 0 saturated carbocycles. The third-order valence-corrected chi connectivity index (χ3v) is 3.91. The van der Waals surface area contributed by atoms with Crippen molar-refractivity contribution in [1.82, 2.24) is 9.97 Å². The van der Waals surface area contributed by atoms with Gasteiger partial charge in [-0.05, 0) is 37.3 Å². The first-order valence-electron chi connectivity index (χ1n) is 6.79. The van der Waals surface area contributed by atoms with E-state index in [1.807, 2.05) is 4.98 Å². The van der Waals surface area contributed by atoms with Gasteiger partial charge in [0.25, 0.3) is 11.5 Å². The van der Waals surface area contributed by atoms with Gasteiger partial charge in [-0.2, -0.15) is 10.1 Å². The van der Waals surface area contributed by atoms with Gasteiger partial charge in [0, 0.05) is 4.47 Å². The molecule has 0 radical (unpaired) electrons. The molecule has 0 atom stereocenters. The Morgan fingerprint density at radius 3 is 2.46 bits per heavy atom. The number of hydrogen-bond donors (Lipinski definition) is 3. The molecule has 9 heteroatoms. The molecule has 3 N–H and O–H groups in total. The summed E-state index contributed by atoms with van der Waals surface area (Å²) in [5.41, 5.74) is -0.764. The third-order valence-electron chi connectivity index (χ3n) is 3.38. The third kappa shape index (κ3) is 2.81. The Labute approximate surface area is 143 Å². The number of anilines is 1. The van der Waals surface area contributed by atoms with Gasteiger partial charge in [0.1, 0.15) is 5.56 Å². The van der Waals surface area contributed by atoms with Crippen molar-refractivity contribution in [3.63, 3.8) is 0 Å². The Hall–Kier alpha value is -2.94. The number of benzene rings is 1. The van der Waals surface area contributed by atoms with Crippen molar-refractivity contribution >= 4 is 39.3 Å². The summed E-state index contributed by atoms with van der Waals surface area (Å²) >= 11 is 3.31. The lowest BCUT2D eigenvalue weighted by Gasteiger charge is -2.11. The van der Waals surface area contributed by atoms with Gasteiger partial charge in [0.2, 0.25) is 5.88 Å². The van der Waals surface area contributed by atoms with Crippen LogP contribution in [-0.4, -0.2) is 26.7 Å². The van der Waals surface area contributed by atoms with E-state index < -0.39 is 23.0 Å². The van der Waals surface area contributed by atoms with Crippen molar-refractivity contribution in [3.05, 3.63) is 60.7 Å². The Kier molecular flexibility index (Phi) is 3.94. The zero-order chi connectivity index (χ0) is 17.4. The number of aromatic amines is 2. The molecule has 0 spiro atoms. The Morgan fingerprint density at radius 1 is 1.17 bits per heavy atom. The van der Waals surface area contributed by atoms with Gasteiger partial charge in [-0.15, -0.1) is 0 Å². The van der Waals surface area contributed by atoms with E-state index in [0.717, 1.165) is 4.47 Å². The molecule has 1 aliphatic heterocycles. The van der Waals surface area contributed by atoms with Crippen molar-refractivity contribution in [2.45, 2.75) is 6.92 Å². The molecule has 0 saturated heterocycles. The number of carbonyl (C=O) groups excluding carboxylic acids is 1. The molecule has 1 amide bonds. The number of rotatable bonds is 2. The lowest BCUT2D eigenvalue weighted by molar-refractivity contribution is -0.114. The number of hydrazone groups is 1. The van der Waals surface area contributed by atoms with Crippen LogP contribution in [0.2, 0.25) is 0 Å². The number of H-pyrrole nitrogens is 2. The molecule has 0 unspecified atom stereocenters. The van der Waals surface area contributed by atoms with E-state index in [0.29, 0.717) is 11.4 Å². The zero-order valence-corrected chi connectivity index (χ0v) is 13.9. The van der Waals surface area contributed by atoms with Crippen LogP contribution in [0.4, 0.5) is 5.69 Å². The predicted molar refractivity (Wildman–Crippen MR) is 92.1 cm³/mol. The second-order valence-corrected chi connectivity index (χ2v) is 5.92. The van der Waals surface area contributed by atoms with Crippen LogP contribution in [-0.2, 0) is 4.79 Å². The minimum Gasteiger partial charge on any atom is -0.494 e. The van der Waals surface area contributed by atoms with Crippen molar-refractivity contribution in [2.24, 2.45) is 5.10 Å². The van der Waals surface area contributed by atoms with Crippen molar-refractivity contribution < 1.29 is 9.90 Å². The van der Waals surface area contributed by atoms with E-state index in [1.54, 1.807) is 31.2 Å². The van der Waals surface area contributed by atoms with Gasteiger partial charge in [0.05, 0.1) is 17.0 Å². The molecule has 0 bridgehead atoms. The predicted octanol–water partition coefficient (Wildman–Crippen LogP) is 1.34. The number of aromatic nitrogens is 2. The highest BCUT2D eigenvalue weighted by molar-refractivity contribution is 9.10. The van der Waals surface area contributed by atoms with E-state index in [4.69, 9.17) is 0 Å². The van der Waals surface area contributed by atoms with E-state index in [1.165, 1.54) is 11.1 Å². The molecule has 3 rings (SSSR count). The molecule has 8 nitrogen and oxygen atoms in total. The van der Waals surface area contributed by atoms with Gasteiger partial charge in [-0.25, -0.2) is 4.79 Å². The first-order valence-corrected chi connectivity index (χ1v) is 7.59. The number of amides is 1. The van der Waals surface area contributed by atoms with Crippen molar-refractivity contribution in [2.75, 3.05) is 5.01 Å². The topological polar surface area (TPSA) is 119 Å². The molecule has 24 heavy (non-hydrogen) atoms. The van der Waals surface area contributed by atoms with Crippen LogP contribution in [0.3, 0.4) is 0 Å². The summed E-state index contributed by atoms with van der Waals surface area (Å²) in [6.07, 6.45) is 1.20. The minimum absolute atomic E-state index is 0.144.